The van der Waals surface area contributed by atoms with Crippen molar-refractivity contribution in [1.82, 2.24) is 0 Å². The van der Waals surface area contributed by atoms with Crippen LogP contribution in [0.3, 0.4) is 0 Å². The third kappa shape index (κ3) is 2.95. The number of rotatable bonds is 5. The van der Waals surface area contributed by atoms with Crippen molar-refractivity contribution in [2.75, 3.05) is 11.9 Å². The van der Waals surface area contributed by atoms with Gasteiger partial charge in [-0.2, -0.15) is 0 Å². The highest BCUT2D eigenvalue weighted by Crippen LogP contribution is 2.33. The average molecular weight is 285 g/mol. The van der Waals surface area contributed by atoms with Gasteiger partial charge in [0.05, 0.1) is 4.92 Å². The van der Waals surface area contributed by atoms with E-state index in [0.29, 0.717) is 5.69 Å². The summed E-state index contributed by atoms with van der Waals surface area (Å²) in [5.41, 5.74) is 0.735. The maximum atomic E-state index is 10.8. The molecule has 1 saturated carbocycles. The summed E-state index contributed by atoms with van der Waals surface area (Å²) in [5.74, 6) is 0.832. The minimum atomic E-state index is -0.355. The van der Waals surface area contributed by atoms with Crippen LogP contribution in [0.5, 0.6) is 0 Å². The predicted molar refractivity (Wildman–Crippen MR) is 66.6 cm³/mol. The molecule has 5 heteroatoms. The smallest absolute Gasteiger partial charge is 0.292 e. The number of hydrogen-bond donors (Lipinski definition) is 1. The summed E-state index contributed by atoms with van der Waals surface area (Å²) in [7, 11) is 0. The van der Waals surface area contributed by atoms with Crippen LogP contribution in [0.25, 0.3) is 0 Å². The molecule has 0 bridgehead atoms. The lowest BCUT2D eigenvalue weighted by Gasteiger charge is -2.06. The van der Waals surface area contributed by atoms with E-state index < -0.39 is 0 Å². The van der Waals surface area contributed by atoms with E-state index in [1.54, 1.807) is 12.1 Å². The number of hydrogen-bond acceptors (Lipinski definition) is 3. The highest BCUT2D eigenvalue weighted by Gasteiger charge is 2.21. The molecule has 0 heterocycles. The molecule has 0 spiro atoms. The molecule has 86 valence electrons. The first-order chi connectivity index (χ1) is 7.66. The highest BCUT2D eigenvalue weighted by molar-refractivity contribution is 9.10. The highest BCUT2D eigenvalue weighted by atomic mass is 79.9. The van der Waals surface area contributed by atoms with Gasteiger partial charge >= 0.3 is 0 Å². The molecule has 4 nitrogen and oxygen atoms in total. The van der Waals surface area contributed by atoms with Gasteiger partial charge in [-0.05, 0) is 24.5 Å². The van der Waals surface area contributed by atoms with E-state index in [2.05, 4.69) is 21.2 Å². The van der Waals surface area contributed by atoms with Crippen LogP contribution in [-0.2, 0) is 0 Å². The summed E-state index contributed by atoms with van der Waals surface area (Å²) >= 11 is 3.32. The molecular weight excluding hydrogens is 272 g/mol. The molecule has 1 N–H and O–H groups in total. The normalized spacial score (nSPS) is 14.8. The van der Waals surface area contributed by atoms with Crippen molar-refractivity contribution in [2.24, 2.45) is 5.92 Å². The van der Waals surface area contributed by atoms with Gasteiger partial charge in [0, 0.05) is 17.1 Å². The van der Waals surface area contributed by atoms with Gasteiger partial charge in [0.2, 0.25) is 0 Å². The lowest BCUT2D eigenvalue weighted by Crippen LogP contribution is -2.04. The van der Waals surface area contributed by atoms with E-state index in [-0.39, 0.29) is 10.6 Å². The van der Waals surface area contributed by atoms with E-state index in [4.69, 9.17) is 0 Å². The summed E-state index contributed by atoms with van der Waals surface area (Å²) in [6, 6.07) is 4.96. The van der Waals surface area contributed by atoms with Gasteiger partial charge in [-0.3, -0.25) is 10.1 Å². The Balaban J connectivity index is 2.03. The molecule has 16 heavy (non-hydrogen) atoms. The quantitative estimate of drug-likeness (QED) is 0.664. The molecule has 0 atom stereocenters. The second-order valence-electron chi connectivity index (χ2n) is 4.08. The second-order valence-corrected chi connectivity index (χ2v) is 4.99. The molecule has 0 aromatic heterocycles. The number of nitro groups is 1. The Morgan fingerprint density at radius 3 is 2.88 bits per heavy atom. The molecule has 1 aliphatic carbocycles. The van der Waals surface area contributed by atoms with E-state index >= 15 is 0 Å². The Labute approximate surface area is 102 Å². The molecule has 1 aliphatic rings. The van der Waals surface area contributed by atoms with Gasteiger partial charge in [-0.1, -0.05) is 28.8 Å². The number of nitro benzene ring substituents is 1. The maximum Gasteiger partial charge on any atom is 0.292 e. The van der Waals surface area contributed by atoms with Crippen molar-refractivity contribution < 1.29 is 4.92 Å². The molecule has 1 aromatic rings. The molecule has 0 saturated heterocycles. The van der Waals surface area contributed by atoms with Crippen molar-refractivity contribution in [3.8, 4) is 0 Å². The number of benzene rings is 1. The first-order valence-corrected chi connectivity index (χ1v) is 6.14. The van der Waals surface area contributed by atoms with Gasteiger partial charge in [-0.25, -0.2) is 0 Å². The molecule has 1 fully saturated rings. The van der Waals surface area contributed by atoms with Crippen LogP contribution in [0.2, 0.25) is 0 Å². The molecule has 2 rings (SSSR count). The molecule has 0 radical (unpaired) electrons. The van der Waals surface area contributed by atoms with Crippen LogP contribution >= 0.6 is 15.9 Å². The Morgan fingerprint density at radius 2 is 2.25 bits per heavy atom. The van der Waals surface area contributed by atoms with E-state index in [1.807, 2.05) is 0 Å². The molecular formula is C11H13BrN2O2. The fourth-order valence-corrected chi connectivity index (χ4v) is 1.99. The summed E-state index contributed by atoms with van der Waals surface area (Å²) in [5, 5.41) is 13.9. The number of halogens is 1. The van der Waals surface area contributed by atoms with Crippen LogP contribution in [0.15, 0.2) is 22.7 Å². The van der Waals surface area contributed by atoms with E-state index in [9.17, 15) is 10.1 Å². The third-order valence-electron chi connectivity index (χ3n) is 2.72. The van der Waals surface area contributed by atoms with Crippen LogP contribution in [-0.4, -0.2) is 11.5 Å². The minimum Gasteiger partial charge on any atom is -0.379 e. The minimum absolute atomic E-state index is 0.138. The SMILES string of the molecule is O=[N+]([O-])c1ccc(Br)cc1NCCC1CC1. The number of anilines is 1. The molecule has 1 aromatic carbocycles. The molecule has 0 amide bonds. The predicted octanol–water partition coefficient (Wildman–Crippen LogP) is 3.57. The average Bonchev–Trinajstić information content (AvgIpc) is 3.01. The monoisotopic (exact) mass is 284 g/mol. The van der Waals surface area contributed by atoms with Crippen LogP contribution in [0.1, 0.15) is 19.3 Å². The number of nitrogens with one attached hydrogen (secondary N) is 1. The van der Waals surface area contributed by atoms with Gasteiger partial charge < -0.3 is 5.32 Å². The Bertz CT molecular complexity index is 405. The molecule has 0 unspecified atom stereocenters. The van der Waals surface area contributed by atoms with Crippen LogP contribution in [0.4, 0.5) is 11.4 Å². The van der Waals surface area contributed by atoms with Gasteiger partial charge in [-0.15, -0.1) is 0 Å². The summed E-state index contributed by atoms with van der Waals surface area (Å²) in [6.45, 7) is 0.807. The number of nitrogens with zero attached hydrogens (tertiary/aromatic N) is 1. The zero-order chi connectivity index (χ0) is 11.5. The zero-order valence-electron chi connectivity index (χ0n) is 8.78. The van der Waals surface area contributed by atoms with E-state index in [1.165, 1.54) is 18.9 Å². The second kappa shape index (κ2) is 4.82. The zero-order valence-corrected chi connectivity index (χ0v) is 10.4. The van der Waals surface area contributed by atoms with Crippen LogP contribution < -0.4 is 5.32 Å². The lowest BCUT2D eigenvalue weighted by molar-refractivity contribution is -0.384. The standard InChI is InChI=1S/C11H13BrN2O2/c12-9-3-4-11(14(15)16)10(7-9)13-6-5-8-1-2-8/h3-4,7-8,13H,1-2,5-6H2. The Morgan fingerprint density at radius 1 is 1.50 bits per heavy atom. The summed E-state index contributed by atoms with van der Waals surface area (Å²) in [4.78, 5) is 10.4. The van der Waals surface area contributed by atoms with Crippen molar-refractivity contribution in [2.45, 2.75) is 19.3 Å². The van der Waals surface area contributed by atoms with Crippen molar-refractivity contribution in [3.63, 3.8) is 0 Å². The third-order valence-corrected chi connectivity index (χ3v) is 3.21. The van der Waals surface area contributed by atoms with Crippen molar-refractivity contribution in [1.29, 1.82) is 0 Å². The Kier molecular flexibility index (Phi) is 3.43. The van der Waals surface area contributed by atoms with Crippen LogP contribution in [0, 0.1) is 16.0 Å². The Hall–Kier alpha value is -1.10. The maximum absolute atomic E-state index is 10.8. The fourth-order valence-electron chi connectivity index (χ4n) is 1.63. The summed E-state index contributed by atoms with van der Waals surface area (Å²) in [6.07, 6.45) is 3.72. The van der Waals surface area contributed by atoms with Gasteiger partial charge in [0.15, 0.2) is 0 Å². The topological polar surface area (TPSA) is 55.2 Å². The van der Waals surface area contributed by atoms with E-state index in [0.717, 1.165) is 23.4 Å². The fraction of sp³-hybridized carbons (Fsp3) is 0.455. The van der Waals surface area contributed by atoms with Crippen molar-refractivity contribution in [3.05, 3.63) is 32.8 Å². The largest absolute Gasteiger partial charge is 0.379 e. The first-order valence-electron chi connectivity index (χ1n) is 5.34. The molecule has 0 aliphatic heterocycles. The first kappa shape index (κ1) is 11.4. The lowest BCUT2D eigenvalue weighted by atomic mass is 10.2. The van der Waals surface area contributed by atoms with Crippen molar-refractivity contribution >= 4 is 27.3 Å². The van der Waals surface area contributed by atoms with Gasteiger partial charge in [0.25, 0.3) is 5.69 Å². The van der Waals surface area contributed by atoms with Gasteiger partial charge in [0.1, 0.15) is 5.69 Å². The summed E-state index contributed by atoms with van der Waals surface area (Å²) < 4.78 is 0.854.